The molecule has 0 aromatic rings. The molecular weight excluding hydrogens is 249 g/mol. The molecule has 1 aliphatic heterocycles. The van der Waals surface area contributed by atoms with Gasteiger partial charge in [0, 0.05) is 6.42 Å². The van der Waals surface area contributed by atoms with Crippen molar-refractivity contribution in [2.75, 3.05) is 19.6 Å². The van der Waals surface area contributed by atoms with Gasteiger partial charge in [0.15, 0.2) is 6.10 Å². The highest BCUT2D eigenvalue weighted by Gasteiger charge is 2.38. The molecule has 0 aromatic heterocycles. The van der Waals surface area contributed by atoms with Crippen LogP contribution in [0.3, 0.4) is 0 Å². The third-order valence-corrected chi connectivity index (χ3v) is 3.11. The van der Waals surface area contributed by atoms with E-state index in [4.69, 9.17) is 5.11 Å². The Labute approximate surface area is 104 Å². The highest BCUT2D eigenvalue weighted by molar-refractivity contribution is 5.75. The highest BCUT2D eigenvalue weighted by atomic mass is 19.4. The van der Waals surface area contributed by atoms with Gasteiger partial charge in [-0.05, 0) is 38.3 Å². The minimum absolute atomic E-state index is 0.218. The molecular formula is C11H19F3N2O2. The Kier molecular flexibility index (Phi) is 5.87. The van der Waals surface area contributed by atoms with Gasteiger partial charge in [-0.3, -0.25) is 4.79 Å². The van der Waals surface area contributed by atoms with Crippen LogP contribution in [0.1, 0.15) is 25.7 Å². The van der Waals surface area contributed by atoms with Gasteiger partial charge in [-0.2, -0.15) is 13.2 Å². The molecule has 18 heavy (non-hydrogen) atoms. The van der Waals surface area contributed by atoms with E-state index in [9.17, 15) is 18.0 Å². The van der Waals surface area contributed by atoms with Crippen molar-refractivity contribution >= 4 is 5.91 Å². The van der Waals surface area contributed by atoms with Crippen LogP contribution in [0.25, 0.3) is 0 Å². The number of carbonyl (C=O) groups is 1. The quantitative estimate of drug-likeness (QED) is 0.691. The molecule has 3 N–H and O–H groups in total. The summed E-state index contributed by atoms with van der Waals surface area (Å²) in [5, 5.41) is 14.0. The van der Waals surface area contributed by atoms with E-state index in [-0.39, 0.29) is 6.42 Å². The third-order valence-electron chi connectivity index (χ3n) is 3.11. The molecule has 1 heterocycles. The summed E-state index contributed by atoms with van der Waals surface area (Å²) in [5.41, 5.74) is 0. The van der Waals surface area contributed by atoms with Crippen LogP contribution in [-0.4, -0.2) is 42.9 Å². The maximum atomic E-state index is 12.0. The lowest BCUT2D eigenvalue weighted by Gasteiger charge is -2.22. The number of alkyl halides is 3. The zero-order valence-corrected chi connectivity index (χ0v) is 10.1. The van der Waals surface area contributed by atoms with Gasteiger partial charge >= 0.3 is 6.18 Å². The highest BCUT2D eigenvalue weighted by Crippen LogP contribution is 2.20. The summed E-state index contributed by atoms with van der Waals surface area (Å²) in [6, 6.07) is 0. The fourth-order valence-electron chi connectivity index (χ4n) is 1.92. The maximum absolute atomic E-state index is 12.0. The van der Waals surface area contributed by atoms with Crippen molar-refractivity contribution < 1.29 is 23.1 Å². The Bertz CT molecular complexity index is 266. The molecule has 1 saturated heterocycles. The van der Waals surface area contributed by atoms with Gasteiger partial charge in [0.25, 0.3) is 0 Å². The molecule has 106 valence electrons. The summed E-state index contributed by atoms with van der Waals surface area (Å²) < 4.78 is 35.9. The number of hydrogen-bond acceptors (Lipinski definition) is 3. The lowest BCUT2D eigenvalue weighted by atomic mass is 9.93. The molecule has 0 aliphatic carbocycles. The van der Waals surface area contributed by atoms with Gasteiger partial charge in [0.1, 0.15) is 0 Å². The molecule has 7 heteroatoms. The summed E-state index contributed by atoms with van der Waals surface area (Å²) in [5.74, 6) is 0.0290. The Morgan fingerprint density at radius 2 is 2.00 bits per heavy atom. The van der Waals surface area contributed by atoms with Crippen LogP contribution >= 0.6 is 0 Å². The van der Waals surface area contributed by atoms with Crippen LogP contribution in [0.4, 0.5) is 13.2 Å². The molecule has 0 saturated carbocycles. The molecule has 0 spiro atoms. The second-order valence-electron chi connectivity index (χ2n) is 4.59. The fourth-order valence-corrected chi connectivity index (χ4v) is 1.92. The van der Waals surface area contributed by atoms with Crippen molar-refractivity contribution in [3.8, 4) is 0 Å². The first kappa shape index (κ1) is 15.2. The number of halogens is 3. The molecule has 1 unspecified atom stereocenters. The number of nitrogens with one attached hydrogen (secondary N) is 2. The fraction of sp³-hybridized carbons (Fsp3) is 0.909. The van der Waals surface area contributed by atoms with E-state index < -0.39 is 24.7 Å². The Morgan fingerprint density at radius 3 is 2.56 bits per heavy atom. The van der Waals surface area contributed by atoms with Crippen molar-refractivity contribution in [1.82, 2.24) is 10.6 Å². The molecule has 0 radical (unpaired) electrons. The van der Waals surface area contributed by atoms with Gasteiger partial charge < -0.3 is 15.7 Å². The number of rotatable bonds is 5. The van der Waals surface area contributed by atoms with Crippen molar-refractivity contribution in [3.05, 3.63) is 0 Å². The average Bonchev–Trinajstić information content (AvgIpc) is 2.33. The van der Waals surface area contributed by atoms with E-state index in [2.05, 4.69) is 10.6 Å². The average molecular weight is 268 g/mol. The first-order valence-electron chi connectivity index (χ1n) is 6.12. The summed E-state index contributed by atoms with van der Waals surface area (Å²) >= 11 is 0. The van der Waals surface area contributed by atoms with Crippen LogP contribution in [0.15, 0.2) is 0 Å². The van der Waals surface area contributed by atoms with E-state index >= 15 is 0 Å². The van der Waals surface area contributed by atoms with Crippen molar-refractivity contribution in [2.45, 2.75) is 38.0 Å². The van der Waals surface area contributed by atoms with Crippen LogP contribution < -0.4 is 10.6 Å². The summed E-state index contributed by atoms with van der Waals surface area (Å²) in [6.07, 6.45) is -4.26. The number of aliphatic hydroxyl groups is 1. The van der Waals surface area contributed by atoms with E-state index in [0.29, 0.717) is 12.3 Å². The van der Waals surface area contributed by atoms with Gasteiger partial charge in [-0.1, -0.05) is 0 Å². The standard InChI is InChI=1S/C11H19F3N2O2/c12-11(13,14)9(17)7-16-10(18)2-1-8-3-5-15-6-4-8/h8-9,15,17H,1-7H2,(H,16,18). The van der Waals surface area contributed by atoms with Crippen molar-refractivity contribution in [1.29, 1.82) is 0 Å². The number of amides is 1. The molecule has 1 rings (SSSR count). The van der Waals surface area contributed by atoms with Gasteiger partial charge in [-0.15, -0.1) is 0 Å². The van der Waals surface area contributed by atoms with Gasteiger partial charge in [-0.25, -0.2) is 0 Å². The van der Waals surface area contributed by atoms with Gasteiger partial charge in [0.2, 0.25) is 5.91 Å². The van der Waals surface area contributed by atoms with E-state index in [1.165, 1.54) is 0 Å². The third kappa shape index (κ3) is 5.68. The zero-order valence-electron chi connectivity index (χ0n) is 10.1. The summed E-state index contributed by atoms with van der Waals surface area (Å²) in [7, 11) is 0. The van der Waals surface area contributed by atoms with E-state index in [0.717, 1.165) is 25.9 Å². The smallest absolute Gasteiger partial charge is 0.382 e. The summed E-state index contributed by atoms with van der Waals surface area (Å²) in [6.45, 7) is 1.09. The monoisotopic (exact) mass is 268 g/mol. The maximum Gasteiger partial charge on any atom is 0.416 e. The molecule has 0 bridgehead atoms. The lowest BCUT2D eigenvalue weighted by Crippen LogP contribution is -2.40. The van der Waals surface area contributed by atoms with Crippen molar-refractivity contribution in [2.24, 2.45) is 5.92 Å². The lowest BCUT2D eigenvalue weighted by molar-refractivity contribution is -0.201. The molecule has 0 aromatic carbocycles. The van der Waals surface area contributed by atoms with Crippen LogP contribution in [0.2, 0.25) is 0 Å². The zero-order chi connectivity index (χ0) is 13.6. The van der Waals surface area contributed by atoms with E-state index in [1.54, 1.807) is 0 Å². The number of piperidine rings is 1. The van der Waals surface area contributed by atoms with Crippen LogP contribution in [0, 0.1) is 5.92 Å². The minimum atomic E-state index is -4.68. The van der Waals surface area contributed by atoms with E-state index in [1.807, 2.05) is 0 Å². The molecule has 1 aliphatic rings. The second-order valence-corrected chi connectivity index (χ2v) is 4.59. The van der Waals surface area contributed by atoms with Crippen LogP contribution in [-0.2, 0) is 4.79 Å². The van der Waals surface area contributed by atoms with Gasteiger partial charge in [0.05, 0.1) is 6.54 Å². The Morgan fingerprint density at radius 1 is 1.39 bits per heavy atom. The molecule has 4 nitrogen and oxygen atoms in total. The molecule has 1 fully saturated rings. The minimum Gasteiger partial charge on any atom is -0.382 e. The SMILES string of the molecule is O=C(CCC1CCNCC1)NCC(O)C(F)(F)F. The number of carbonyl (C=O) groups excluding carboxylic acids is 1. The second kappa shape index (κ2) is 6.94. The Balaban J connectivity index is 2.13. The molecule has 1 amide bonds. The van der Waals surface area contributed by atoms with Crippen molar-refractivity contribution in [3.63, 3.8) is 0 Å². The number of hydrogen-bond donors (Lipinski definition) is 3. The summed E-state index contributed by atoms with van der Waals surface area (Å²) in [4.78, 5) is 11.3. The Hall–Kier alpha value is -0.820. The predicted molar refractivity (Wildman–Crippen MR) is 59.9 cm³/mol. The topological polar surface area (TPSA) is 61.4 Å². The first-order chi connectivity index (χ1) is 8.39. The van der Waals surface area contributed by atoms with Crippen LogP contribution in [0.5, 0.6) is 0 Å². The normalized spacial score (nSPS) is 19.6. The first-order valence-corrected chi connectivity index (χ1v) is 6.12. The largest absolute Gasteiger partial charge is 0.416 e. The molecule has 1 atom stereocenters. The number of aliphatic hydroxyl groups excluding tert-OH is 1. The predicted octanol–water partition coefficient (Wildman–Crippen LogP) is 0.806.